The molecule has 1 heterocycles. The molecule has 198 valence electrons. The molecule has 1 aliphatic heterocycles. The highest BCUT2D eigenvalue weighted by molar-refractivity contribution is 5.97. The average molecular weight is 516 g/mol. The minimum absolute atomic E-state index is 0.180. The maximum Gasteiger partial charge on any atom is 0.407 e. The van der Waals surface area contributed by atoms with E-state index in [1.165, 1.54) is 6.92 Å². The van der Waals surface area contributed by atoms with Crippen molar-refractivity contribution in [2.45, 2.75) is 53.3 Å². The van der Waals surface area contributed by atoms with Crippen LogP contribution in [0.1, 0.15) is 51.9 Å². The maximum atomic E-state index is 13.4. The van der Waals surface area contributed by atoms with E-state index in [0.717, 1.165) is 45.4 Å². The van der Waals surface area contributed by atoms with Crippen molar-refractivity contribution in [2.75, 3.05) is 11.9 Å². The summed E-state index contributed by atoms with van der Waals surface area (Å²) in [6, 6.07) is 16.7. The fraction of sp³-hybridized carbons (Fsp3) is 0.300. The average Bonchev–Trinajstić information content (AvgIpc) is 2.91. The molecule has 8 heteroatoms. The SMILES string of the molecule is CC(=O)Oc1c(C)cc(NC(=O)C2NCCc3ccc(CNC(=O)OCc4ccccc4)cc32)c(C)c1C. The molecule has 3 aromatic rings. The van der Waals surface area contributed by atoms with Crippen molar-refractivity contribution in [1.29, 1.82) is 0 Å². The predicted molar refractivity (Wildman–Crippen MR) is 145 cm³/mol. The highest BCUT2D eigenvalue weighted by atomic mass is 16.5. The van der Waals surface area contributed by atoms with Crippen LogP contribution in [0.4, 0.5) is 10.5 Å². The van der Waals surface area contributed by atoms with Crippen molar-refractivity contribution >= 4 is 23.7 Å². The van der Waals surface area contributed by atoms with E-state index >= 15 is 0 Å². The van der Waals surface area contributed by atoms with Gasteiger partial charge in [-0.15, -0.1) is 0 Å². The number of amides is 2. The first-order valence-corrected chi connectivity index (χ1v) is 12.6. The molecule has 0 saturated heterocycles. The molecule has 1 aliphatic rings. The fourth-order valence-electron chi connectivity index (χ4n) is 4.59. The number of ether oxygens (including phenoxy) is 2. The van der Waals surface area contributed by atoms with Gasteiger partial charge in [0.1, 0.15) is 18.4 Å². The van der Waals surface area contributed by atoms with Gasteiger partial charge in [0, 0.05) is 25.7 Å². The first-order valence-electron chi connectivity index (χ1n) is 12.6. The van der Waals surface area contributed by atoms with Gasteiger partial charge in [-0.1, -0.05) is 48.5 Å². The van der Waals surface area contributed by atoms with Gasteiger partial charge in [0.05, 0.1) is 0 Å². The van der Waals surface area contributed by atoms with E-state index in [0.29, 0.717) is 18.0 Å². The second kappa shape index (κ2) is 11.9. The fourth-order valence-corrected chi connectivity index (χ4v) is 4.59. The quantitative estimate of drug-likeness (QED) is 0.309. The van der Waals surface area contributed by atoms with E-state index in [1.54, 1.807) is 0 Å². The largest absolute Gasteiger partial charge is 0.445 e. The second-order valence-corrected chi connectivity index (χ2v) is 9.49. The lowest BCUT2D eigenvalue weighted by Crippen LogP contribution is -2.38. The normalized spacial score (nSPS) is 14.3. The molecule has 2 amide bonds. The Morgan fingerprint density at radius 3 is 2.47 bits per heavy atom. The summed E-state index contributed by atoms with van der Waals surface area (Å²) in [5.41, 5.74) is 6.84. The standard InChI is InChI=1S/C30H33N3O5/c1-18-14-26(19(2)20(3)28(18)38-21(4)34)33-29(35)27-25-15-23(10-11-24(25)12-13-31-27)16-32-30(36)37-17-22-8-6-5-7-9-22/h5-11,14-15,27,31H,12-13,16-17H2,1-4H3,(H,32,36)(H,33,35). The number of anilines is 1. The smallest absolute Gasteiger partial charge is 0.407 e. The maximum absolute atomic E-state index is 13.4. The topological polar surface area (TPSA) is 106 Å². The minimum atomic E-state index is -0.545. The van der Waals surface area contributed by atoms with Gasteiger partial charge in [-0.3, -0.25) is 9.59 Å². The number of hydrogen-bond acceptors (Lipinski definition) is 6. The van der Waals surface area contributed by atoms with Crippen LogP contribution in [0.5, 0.6) is 5.75 Å². The number of benzene rings is 3. The van der Waals surface area contributed by atoms with Crippen molar-refractivity contribution < 1.29 is 23.9 Å². The summed E-state index contributed by atoms with van der Waals surface area (Å²) >= 11 is 0. The lowest BCUT2D eigenvalue weighted by molar-refractivity contribution is -0.132. The Morgan fingerprint density at radius 2 is 1.74 bits per heavy atom. The first-order chi connectivity index (χ1) is 18.2. The Balaban J connectivity index is 1.44. The van der Waals surface area contributed by atoms with Crippen molar-refractivity contribution in [3.8, 4) is 5.75 Å². The Kier molecular flexibility index (Phi) is 8.43. The van der Waals surface area contributed by atoms with Crippen LogP contribution in [0.25, 0.3) is 0 Å². The van der Waals surface area contributed by atoms with Gasteiger partial charge in [0.15, 0.2) is 0 Å². The predicted octanol–water partition coefficient (Wildman–Crippen LogP) is 4.79. The lowest BCUT2D eigenvalue weighted by atomic mass is 9.91. The van der Waals surface area contributed by atoms with Gasteiger partial charge in [-0.2, -0.15) is 0 Å². The minimum Gasteiger partial charge on any atom is -0.445 e. The van der Waals surface area contributed by atoms with Crippen LogP contribution in [-0.4, -0.2) is 24.5 Å². The molecule has 1 unspecified atom stereocenters. The summed E-state index contributed by atoms with van der Waals surface area (Å²) in [5, 5.41) is 9.15. The molecule has 3 N–H and O–H groups in total. The Labute approximate surface area is 222 Å². The Hall–Kier alpha value is -4.17. The summed E-state index contributed by atoms with van der Waals surface area (Å²) in [6.07, 6.45) is 0.303. The van der Waals surface area contributed by atoms with E-state index in [1.807, 2.05) is 75.4 Å². The monoisotopic (exact) mass is 515 g/mol. The molecule has 0 aliphatic carbocycles. The molecule has 0 radical (unpaired) electrons. The van der Waals surface area contributed by atoms with Crippen LogP contribution in [0.2, 0.25) is 0 Å². The summed E-state index contributed by atoms with van der Waals surface area (Å²) < 4.78 is 10.7. The zero-order valence-corrected chi connectivity index (χ0v) is 22.1. The van der Waals surface area contributed by atoms with Gasteiger partial charge in [-0.25, -0.2) is 4.79 Å². The van der Waals surface area contributed by atoms with E-state index in [-0.39, 0.29) is 25.0 Å². The number of rotatable bonds is 7. The molecule has 3 aromatic carbocycles. The Bertz CT molecular complexity index is 1350. The molecule has 0 aromatic heterocycles. The third-order valence-electron chi connectivity index (χ3n) is 6.71. The lowest BCUT2D eigenvalue weighted by Gasteiger charge is -2.27. The molecule has 0 fully saturated rings. The van der Waals surface area contributed by atoms with E-state index in [2.05, 4.69) is 16.0 Å². The number of fused-ring (bicyclic) bond motifs is 1. The highest BCUT2D eigenvalue weighted by Crippen LogP contribution is 2.33. The van der Waals surface area contributed by atoms with Gasteiger partial charge in [-0.05, 0) is 72.2 Å². The van der Waals surface area contributed by atoms with Crippen molar-refractivity contribution in [3.63, 3.8) is 0 Å². The van der Waals surface area contributed by atoms with Crippen LogP contribution in [-0.2, 0) is 33.9 Å². The van der Waals surface area contributed by atoms with Crippen molar-refractivity contribution in [3.05, 3.63) is 93.5 Å². The summed E-state index contributed by atoms with van der Waals surface area (Å²) in [4.78, 5) is 37.1. The highest BCUT2D eigenvalue weighted by Gasteiger charge is 2.27. The third-order valence-corrected chi connectivity index (χ3v) is 6.71. The van der Waals surface area contributed by atoms with Crippen molar-refractivity contribution in [2.24, 2.45) is 0 Å². The van der Waals surface area contributed by atoms with Crippen LogP contribution < -0.4 is 20.7 Å². The number of carbonyl (C=O) groups excluding carboxylic acids is 3. The van der Waals surface area contributed by atoms with Crippen molar-refractivity contribution in [1.82, 2.24) is 10.6 Å². The summed E-state index contributed by atoms with van der Waals surface area (Å²) in [6.45, 7) is 8.13. The van der Waals surface area contributed by atoms with E-state index < -0.39 is 12.1 Å². The molecular formula is C30H33N3O5. The summed E-state index contributed by atoms with van der Waals surface area (Å²) in [5.74, 6) is -0.0424. The third kappa shape index (κ3) is 6.39. The van der Waals surface area contributed by atoms with Gasteiger partial charge in [0.2, 0.25) is 5.91 Å². The number of aryl methyl sites for hydroxylation is 1. The van der Waals surface area contributed by atoms with Crippen LogP contribution in [0.3, 0.4) is 0 Å². The van der Waals surface area contributed by atoms with Crippen LogP contribution in [0.15, 0.2) is 54.6 Å². The number of nitrogens with one attached hydrogen (secondary N) is 3. The number of alkyl carbamates (subject to hydrolysis) is 1. The molecule has 0 bridgehead atoms. The Morgan fingerprint density at radius 1 is 0.974 bits per heavy atom. The molecule has 38 heavy (non-hydrogen) atoms. The summed E-state index contributed by atoms with van der Waals surface area (Å²) in [7, 11) is 0. The zero-order chi connectivity index (χ0) is 27.2. The van der Waals surface area contributed by atoms with Crippen LogP contribution in [0, 0.1) is 20.8 Å². The van der Waals surface area contributed by atoms with Gasteiger partial charge >= 0.3 is 12.1 Å². The number of hydrogen-bond donors (Lipinski definition) is 3. The first kappa shape index (κ1) is 26.9. The zero-order valence-electron chi connectivity index (χ0n) is 22.1. The second-order valence-electron chi connectivity index (χ2n) is 9.49. The molecule has 0 saturated carbocycles. The molecular weight excluding hydrogens is 482 g/mol. The molecule has 4 rings (SSSR count). The molecule has 8 nitrogen and oxygen atoms in total. The van der Waals surface area contributed by atoms with E-state index in [9.17, 15) is 14.4 Å². The number of esters is 1. The van der Waals surface area contributed by atoms with Crippen LogP contribution >= 0.6 is 0 Å². The number of carbonyl (C=O) groups is 3. The molecule has 1 atom stereocenters. The van der Waals surface area contributed by atoms with Gasteiger partial charge < -0.3 is 25.4 Å². The van der Waals surface area contributed by atoms with E-state index in [4.69, 9.17) is 9.47 Å². The van der Waals surface area contributed by atoms with Gasteiger partial charge in [0.25, 0.3) is 0 Å². The molecule has 0 spiro atoms.